The van der Waals surface area contributed by atoms with E-state index >= 15 is 0 Å². The second kappa shape index (κ2) is 8.20. The first-order valence-corrected chi connectivity index (χ1v) is 12.2. The number of thiophene rings is 1. The molecule has 0 saturated carbocycles. The number of aromatic nitrogens is 4. The van der Waals surface area contributed by atoms with Crippen molar-refractivity contribution in [3.8, 4) is 0 Å². The number of carbonyl (C=O) groups excluding carboxylic acids is 1. The fourth-order valence-corrected chi connectivity index (χ4v) is 6.00. The van der Waals surface area contributed by atoms with E-state index in [1.165, 1.54) is 47.2 Å². The Hall–Kier alpha value is -2.52. The molecule has 9 heteroatoms. The van der Waals surface area contributed by atoms with Gasteiger partial charge < -0.3 is 5.32 Å². The molecule has 5 rings (SSSR count). The molecule has 0 atom stereocenters. The predicted octanol–water partition coefficient (Wildman–Crippen LogP) is 5.21. The van der Waals surface area contributed by atoms with E-state index in [1.807, 2.05) is 4.40 Å². The minimum absolute atomic E-state index is 0.176. The predicted molar refractivity (Wildman–Crippen MR) is 123 cm³/mol. The lowest BCUT2D eigenvalue weighted by Crippen LogP contribution is -2.14. The second-order valence-electron chi connectivity index (χ2n) is 8.00. The molecular weight excluding hydrogens is 433 g/mol. The number of nitrogens with one attached hydrogen (secondary N) is 1. The van der Waals surface area contributed by atoms with E-state index in [1.54, 1.807) is 23.5 Å². The smallest absolute Gasteiger partial charge is 0.234 e. The fourth-order valence-electron chi connectivity index (χ4n) is 3.99. The highest BCUT2D eigenvalue weighted by Gasteiger charge is 2.24. The maximum atomic E-state index is 13.1. The van der Waals surface area contributed by atoms with Crippen molar-refractivity contribution in [3.05, 3.63) is 46.3 Å². The van der Waals surface area contributed by atoms with Gasteiger partial charge in [-0.15, -0.1) is 21.5 Å². The van der Waals surface area contributed by atoms with E-state index in [0.717, 1.165) is 34.5 Å². The molecule has 6 nitrogen and oxygen atoms in total. The van der Waals surface area contributed by atoms with Crippen molar-refractivity contribution >= 4 is 50.6 Å². The Kier molecular flexibility index (Phi) is 5.39. The first-order chi connectivity index (χ1) is 15.0. The largest absolute Gasteiger partial charge is 0.325 e. The van der Waals surface area contributed by atoms with E-state index < -0.39 is 0 Å². The van der Waals surface area contributed by atoms with Gasteiger partial charge in [-0.1, -0.05) is 25.6 Å². The molecule has 31 heavy (non-hydrogen) atoms. The van der Waals surface area contributed by atoms with Crippen LogP contribution in [-0.2, 0) is 17.6 Å². The minimum Gasteiger partial charge on any atom is -0.325 e. The van der Waals surface area contributed by atoms with Crippen LogP contribution in [0.4, 0.5) is 10.1 Å². The first-order valence-electron chi connectivity index (χ1n) is 10.4. The number of halogens is 1. The van der Waals surface area contributed by atoms with Crippen LogP contribution >= 0.6 is 23.1 Å². The molecule has 3 heterocycles. The molecule has 1 aliphatic rings. The average Bonchev–Trinajstić information content (AvgIpc) is 3.34. The minimum atomic E-state index is -0.335. The molecule has 0 bridgehead atoms. The molecule has 0 unspecified atom stereocenters. The average molecular weight is 456 g/mol. The number of hydrogen-bond acceptors (Lipinski definition) is 6. The van der Waals surface area contributed by atoms with Gasteiger partial charge in [-0.2, -0.15) is 0 Å². The quantitative estimate of drug-likeness (QED) is 0.418. The lowest BCUT2D eigenvalue weighted by atomic mass is 9.97. The van der Waals surface area contributed by atoms with Crippen molar-refractivity contribution in [1.82, 2.24) is 19.6 Å². The van der Waals surface area contributed by atoms with Crippen molar-refractivity contribution in [2.75, 3.05) is 11.1 Å². The van der Waals surface area contributed by atoms with Crippen LogP contribution in [0, 0.1) is 5.82 Å². The fraction of sp³-hybridized carbons (Fsp3) is 0.364. The molecular formula is C22H22FN5OS2. The molecule has 0 radical (unpaired) electrons. The molecule has 1 aromatic carbocycles. The van der Waals surface area contributed by atoms with Gasteiger partial charge in [0, 0.05) is 16.5 Å². The SMILES string of the molecule is CC(C)c1nc2sc3c(c2c2nnc(SCC(=O)Nc4ccc(F)cc4)n12)CCCC3. The highest BCUT2D eigenvalue weighted by molar-refractivity contribution is 7.99. The van der Waals surface area contributed by atoms with Gasteiger partial charge in [0.15, 0.2) is 10.8 Å². The highest BCUT2D eigenvalue weighted by atomic mass is 32.2. The summed E-state index contributed by atoms with van der Waals surface area (Å²) in [5, 5.41) is 13.5. The van der Waals surface area contributed by atoms with Crippen molar-refractivity contribution in [2.45, 2.75) is 50.6 Å². The van der Waals surface area contributed by atoms with Crippen LogP contribution in [0.3, 0.4) is 0 Å². The van der Waals surface area contributed by atoms with Gasteiger partial charge in [-0.05, 0) is 55.5 Å². The van der Waals surface area contributed by atoms with E-state index in [-0.39, 0.29) is 23.4 Å². The molecule has 3 aromatic heterocycles. The first kappa shape index (κ1) is 20.4. The summed E-state index contributed by atoms with van der Waals surface area (Å²) >= 11 is 3.12. The Balaban J connectivity index is 1.47. The molecule has 0 saturated heterocycles. The summed E-state index contributed by atoms with van der Waals surface area (Å²) in [6, 6.07) is 5.73. The van der Waals surface area contributed by atoms with Gasteiger partial charge in [0.05, 0.1) is 11.1 Å². The molecule has 1 amide bonds. The Morgan fingerprint density at radius 3 is 2.77 bits per heavy atom. The number of anilines is 1. The summed E-state index contributed by atoms with van der Waals surface area (Å²) in [4.78, 5) is 19.9. The van der Waals surface area contributed by atoms with E-state index in [0.29, 0.717) is 10.8 Å². The summed E-state index contributed by atoms with van der Waals surface area (Å²) in [6.07, 6.45) is 4.59. The third kappa shape index (κ3) is 3.80. The van der Waals surface area contributed by atoms with Gasteiger partial charge in [0.2, 0.25) is 5.91 Å². The summed E-state index contributed by atoms with van der Waals surface area (Å²) in [5.41, 5.74) is 2.78. The van der Waals surface area contributed by atoms with Crippen LogP contribution in [0.25, 0.3) is 15.9 Å². The maximum Gasteiger partial charge on any atom is 0.234 e. The van der Waals surface area contributed by atoms with Gasteiger partial charge in [0.25, 0.3) is 0 Å². The number of amides is 1. The lowest BCUT2D eigenvalue weighted by Gasteiger charge is -2.12. The molecule has 160 valence electrons. The second-order valence-corrected chi connectivity index (χ2v) is 10.0. The summed E-state index contributed by atoms with van der Waals surface area (Å²) in [7, 11) is 0. The van der Waals surface area contributed by atoms with E-state index in [9.17, 15) is 9.18 Å². The number of nitrogens with zero attached hydrogens (tertiary/aromatic N) is 4. The van der Waals surface area contributed by atoms with Crippen LogP contribution in [0.1, 0.15) is 48.9 Å². The van der Waals surface area contributed by atoms with Crippen LogP contribution < -0.4 is 5.32 Å². The Bertz CT molecular complexity index is 1280. The van der Waals surface area contributed by atoms with Gasteiger partial charge in [-0.25, -0.2) is 9.37 Å². The third-order valence-corrected chi connectivity index (χ3v) is 7.55. The number of thioether (sulfide) groups is 1. The van der Waals surface area contributed by atoms with Gasteiger partial charge in [0.1, 0.15) is 16.5 Å². The van der Waals surface area contributed by atoms with Crippen LogP contribution in [-0.4, -0.2) is 31.2 Å². The van der Waals surface area contributed by atoms with E-state index in [4.69, 9.17) is 4.98 Å². The van der Waals surface area contributed by atoms with E-state index in [2.05, 4.69) is 29.4 Å². The molecule has 1 N–H and O–H groups in total. The molecule has 0 fully saturated rings. The molecule has 1 aliphatic carbocycles. The van der Waals surface area contributed by atoms with Crippen molar-refractivity contribution < 1.29 is 9.18 Å². The standard InChI is InChI=1S/C22H22FN5OS2/c1-12(2)19-25-21-18(15-5-3-4-6-16(15)31-21)20-26-27-22(28(19)20)30-11-17(29)24-14-9-7-13(23)8-10-14/h7-10,12H,3-6,11H2,1-2H3,(H,24,29). The number of carbonyl (C=O) groups is 1. The Labute approximate surface area is 187 Å². The number of benzene rings is 1. The number of aryl methyl sites for hydroxylation is 2. The summed E-state index contributed by atoms with van der Waals surface area (Å²) < 4.78 is 15.1. The zero-order valence-electron chi connectivity index (χ0n) is 17.3. The van der Waals surface area contributed by atoms with Crippen LogP contribution in [0.5, 0.6) is 0 Å². The van der Waals surface area contributed by atoms with Crippen molar-refractivity contribution in [3.63, 3.8) is 0 Å². The molecule has 0 spiro atoms. The number of hydrogen-bond donors (Lipinski definition) is 1. The lowest BCUT2D eigenvalue weighted by molar-refractivity contribution is -0.113. The molecule has 0 aliphatic heterocycles. The Morgan fingerprint density at radius 1 is 1.23 bits per heavy atom. The zero-order valence-corrected chi connectivity index (χ0v) is 18.9. The Morgan fingerprint density at radius 2 is 2.00 bits per heavy atom. The normalized spacial score (nSPS) is 13.8. The van der Waals surface area contributed by atoms with Crippen LogP contribution in [0.2, 0.25) is 0 Å². The highest BCUT2D eigenvalue weighted by Crippen LogP contribution is 2.39. The van der Waals surface area contributed by atoms with Gasteiger partial charge >= 0.3 is 0 Å². The van der Waals surface area contributed by atoms with Crippen molar-refractivity contribution in [2.24, 2.45) is 0 Å². The zero-order chi connectivity index (χ0) is 21.5. The number of rotatable bonds is 5. The summed E-state index contributed by atoms with van der Waals surface area (Å²) in [6.45, 7) is 4.22. The number of fused-ring (bicyclic) bond motifs is 5. The van der Waals surface area contributed by atoms with Crippen molar-refractivity contribution in [1.29, 1.82) is 0 Å². The van der Waals surface area contributed by atoms with Crippen LogP contribution in [0.15, 0.2) is 29.4 Å². The maximum absolute atomic E-state index is 13.1. The third-order valence-electron chi connectivity index (χ3n) is 5.43. The topological polar surface area (TPSA) is 72.2 Å². The summed E-state index contributed by atoms with van der Waals surface area (Å²) in [5.74, 6) is 0.761. The van der Waals surface area contributed by atoms with Gasteiger partial charge in [-0.3, -0.25) is 9.20 Å². The molecule has 4 aromatic rings. The monoisotopic (exact) mass is 455 g/mol.